The van der Waals surface area contributed by atoms with Crippen molar-refractivity contribution in [3.8, 4) is 0 Å². The molecule has 0 heterocycles. The first-order valence-electron chi connectivity index (χ1n) is 16.4. The molecule has 0 fully saturated rings. The van der Waals surface area contributed by atoms with Crippen LogP contribution in [0.3, 0.4) is 0 Å². The SMILES string of the molecule is CCCCCCCCCCCCCCCCCC/C=C/CCCC[N+](CCC(=O)[O-])(CCC(=O)O)CCC(=O)O. The van der Waals surface area contributed by atoms with Crippen LogP contribution in [-0.4, -0.2) is 58.8 Å². The summed E-state index contributed by atoms with van der Waals surface area (Å²) >= 11 is 0. The van der Waals surface area contributed by atoms with Crippen LogP contribution in [0.5, 0.6) is 0 Å². The van der Waals surface area contributed by atoms with E-state index in [0.717, 1.165) is 25.7 Å². The number of carboxylic acids is 3. The summed E-state index contributed by atoms with van der Waals surface area (Å²) in [5.74, 6) is -3.10. The molecule has 0 radical (unpaired) electrons. The second-order valence-corrected chi connectivity index (χ2v) is 11.7. The number of aliphatic carboxylic acids is 3. The van der Waals surface area contributed by atoms with Crippen molar-refractivity contribution in [3.63, 3.8) is 0 Å². The van der Waals surface area contributed by atoms with Crippen LogP contribution in [0.15, 0.2) is 12.2 Å². The zero-order chi connectivity index (χ0) is 29.7. The first-order chi connectivity index (χ1) is 19.3. The van der Waals surface area contributed by atoms with E-state index in [4.69, 9.17) is 10.2 Å². The Bertz CT molecular complexity index is 618. The molecule has 0 unspecified atom stereocenters. The van der Waals surface area contributed by atoms with Gasteiger partial charge in [0.25, 0.3) is 0 Å². The largest absolute Gasteiger partial charge is 0.550 e. The molecule has 0 aromatic rings. The van der Waals surface area contributed by atoms with Gasteiger partial charge in [0.05, 0.1) is 39.0 Å². The van der Waals surface area contributed by atoms with E-state index in [0.29, 0.717) is 6.54 Å². The number of hydrogen-bond donors (Lipinski definition) is 2. The topological polar surface area (TPSA) is 115 Å². The monoisotopic (exact) mass is 567 g/mol. The molecule has 7 nitrogen and oxygen atoms in total. The summed E-state index contributed by atoms with van der Waals surface area (Å²) in [7, 11) is 0. The number of nitrogens with zero attached hydrogens (tertiary/aromatic N) is 1. The lowest BCUT2D eigenvalue weighted by molar-refractivity contribution is -0.927. The molecule has 0 aliphatic carbocycles. The molecule has 0 aliphatic heterocycles. The van der Waals surface area contributed by atoms with Crippen LogP contribution in [0.2, 0.25) is 0 Å². The first-order valence-corrected chi connectivity index (χ1v) is 16.4. The second-order valence-electron chi connectivity index (χ2n) is 11.7. The van der Waals surface area contributed by atoms with Gasteiger partial charge in [0, 0.05) is 12.4 Å². The lowest BCUT2D eigenvalue weighted by atomic mass is 10.0. The number of rotatable bonds is 31. The highest BCUT2D eigenvalue weighted by molar-refractivity contribution is 5.67. The van der Waals surface area contributed by atoms with E-state index < -0.39 is 17.9 Å². The van der Waals surface area contributed by atoms with E-state index in [1.54, 1.807) is 0 Å². The number of allylic oxidation sites excluding steroid dienone is 2. The Kier molecular flexibility index (Phi) is 26.0. The average Bonchev–Trinajstić information content (AvgIpc) is 2.92. The van der Waals surface area contributed by atoms with Crippen LogP contribution in [-0.2, 0) is 14.4 Å². The van der Waals surface area contributed by atoms with E-state index in [2.05, 4.69) is 19.1 Å². The highest BCUT2D eigenvalue weighted by Crippen LogP contribution is 2.16. The Morgan fingerprint density at radius 3 is 1.25 bits per heavy atom. The highest BCUT2D eigenvalue weighted by atomic mass is 16.4. The fraction of sp³-hybridized carbons (Fsp3) is 0.848. The summed E-state index contributed by atoms with van der Waals surface area (Å²) in [6, 6.07) is 0. The molecule has 0 bridgehead atoms. The zero-order valence-corrected chi connectivity index (χ0v) is 25.7. The van der Waals surface area contributed by atoms with Gasteiger partial charge >= 0.3 is 11.9 Å². The Hall–Kier alpha value is -1.89. The summed E-state index contributed by atoms with van der Waals surface area (Å²) in [4.78, 5) is 33.3. The minimum Gasteiger partial charge on any atom is -0.550 e. The summed E-state index contributed by atoms with van der Waals surface area (Å²) in [5.41, 5.74) is 0. The van der Waals surface area contributed by atoms with Crippen LogP contribution in [0.4, 0.5) is 0 Å². The van der Waals surface area contributed by atoms with E-state index in [9.17, 15) is 19.5 Å². The van der Waals surface area contributed by atoms with E-state index >= 15 is 0 Å². The number of carboxylic acid groups (broad SMARTS) is 3. The van der Waals surface area contributed by atoms with Crippen molar-refractivity contribution in [3.05, 3.63) is 12.2 Å². The summed E-state index contributed by atoms with van der Waals surface area (Å²) in [5, 5.41) is 29.3. The Morgan fingerprint density at radius 2 is 0.875 bits per heavy atom. The van der Waals surface area contributed by atoms with E-state index in [1.807, 2.05) is 0 Å². The molecule has 0 aromatic heterocycles. The molecule has 40 heavy (non-hydrogen) atoms. The van der Waals surface area contributed by atoms with Gasteiger partial charge < -0.3 is 24.6 Å². The predicted octanol–water partition coefficient (Wildman–Crippen LogP) is 7.27. The lowest BCUT2D eigenvalue weighted by Crippen LogP contribution is -2.53. The first kappa shape index (κ1) is 38.1. The third kappa shape index (κ3) is 26.3. The normalized spacial score (nSPS) is 11.8. The van der Waals surface area contributed by atoms with Crippen molar-refractivity contribution in [2.24, 2.45) is 0 Å². The predicted molar refractivity (Wildman–Crippen MR) is 161 cm³/mol. The van der Waals surface area contributed by atoms with Crippen LogP contribution < -0.4 is 5.11 Å². The molecular weight excluding hydrogens is 506 g/mol. The minimum absolute atomic E-state index is 0.105. The second kappa shape index (κ2) is 27.3. The Morgan fingerprint density at radius 1 is 0.525 bits per heavy atom. The van der Waals surface area contributed by atoms with Crippen molar-refractivity contribution < 1.29 is 34.2 Å². The molecular formula is C33H61NO6. The standard InChI is InChI=1S/C33H61NO6/c1-2-3-4-5-6-7-8-9-10-11-12-13-14-15-16-17-18-19-20-21-22-23-27-34(28-24-31(35)36,29-25-32(37)38)30-26-33(39)40/h19-20H,2-18,21-30H2,1H3,(H2-,35,36,37,38,39,40)/b20-19+. The third-order valence-electron chi connectivity index (χ3n) is 8.03. The Balaban J connectivity index is 3.87. The van der Waals surface area contributed by atoms with Gasteiger partial charge in [-0.1, -0.05) is 115 Å². The Labute approximate surface area is 245 Å². The fourth-order valence-electron chi connectivity index (χ4n) is 5.42. The van der Waals surface area contributed by atoms with Gasteiger partial charge in [0.2, 0.25) is 0 Å². The molecule has 0 amide bonds. The van der Waals surface area contributed by atoms with Crippen LogP contribution >= 0.6 is 0 Å². The lowest BCUT2D eigenvalue weighted by Gasteiger charge is -2.38. The minimum atomic E-state index is -1.19. The van der Waals surface area contributed by atoms with Crippen LogP contribution in [0.1, 0.15) is 155 Å². The molecule has 0 saturated carbocycles. The maximum absolute atomic E-state index is 11.1. The van der Waals surface area contributed by atoms with Gasteiger partial charge in [-0.3, -0.25) is 9.59 Å². The summed E-state index contributed by atoms with van der Waals surface area (Å²) in [6.07, 6.45) is 29.8. The van der Waals surface area contributed by atoms with Gasteiger partial charge in [0.1, 0.15) is 0 Å². The van der Waals surface area contributed by atoms with Gasteiger partial charge in [-0.25, -0.2) is 0 Å². The van der Waals surface area contributed by atoms with Gasteiger partial charge in [0.15, 0.2) is 0 Å². The van der Waals surface area contributed by atoms with E-state index in [1.165, 1.54) is 103 Å². The summed E-state index contributed by atoms with van der Waals surface area (Å²) < 4.78 is 0.204. The smallest absolute Gasteiger partial charge is 0.309 e. The van der Waals surface area contributed by atoms with E-state index in [-0.39, 0.29) is 43.4 Å². The van der Waals surface area contributed by atoms with Gasteiger partial charge in [-0.2, -0.15) is 0 Å². The molecule has 0 aliphatic rings. The van der Waals surface area contributed by atoms with Gasteiger partial charge in [-0.15, -0.1) is 0 Å². The molecule has 0 saturated heterocycles. The van der Waals surface area contributed by atoms with Crippen LogP contribution in [0, 0.1) is 0 Å². The van der Waals surface area contributed by atoms with Crippen molar-refractivity contribution in [2.45, 2.75) is 155 Å². The third-order valence-corrected chi connectivity index (χ3v) is 8.03. The van der Waals surface area contributed by atoms with Crippen molar-refractivity contribution >= 4 is 17.9 Å². The number of unbranched alkanes of at least 4 members (excludes halogenated alkanes) is 18. The van der Waals surface area contributed by atoms with Crippen molar-refractivity contribution in [1.29, 1.82) is 0 Å². The molecule has 0 spiro atoms. The number of carbonyl (C=O) groups excluding carboxylic acids is 1. The molecule has 0 atom stereocenters. The number of quaternary nitrogens is 1. The average molecular weight is 568 g/mol. The molecule has 7 heteroatoms. The fourth-order valence-corrected chi connectivity index (χ4v) is 5.42. The molecule has 0 rings (SSSR count). The maximum atomic E-state index is 11.1. The zero-order valence-electron chi connectivity index (χ0n) is 25.7. The molecule has 0 aromatic carbocycles. The quantitative estimate of drug-likeness (QED) is 0.0517. The molecule has 2 N–H and O–H groups in total. The van der Waals surface area contributed by atoms with Crippen molar-refractivity contribution in [1.82, 2.24) is 0 Å². The van der Waals surface area contributed by atoms with Crippen LogP contribution in [0.25, 0.3) is 0 Å². The number of hydrogen-bond acceptors (Lipinski definition) is 4. The van der Waals surface area contributed by atoms with Crippen molar-refractivity contribution in [2.75, 3.05) is 26.2 Å². The number of carbonyl (C=O) groups is 3. The maximum Gasteiger partial charge on any atom is 0.309 e. The molecule has 234 valence electrons. The highest BCUT2D eigenvalue weighted by Gasteiger charge is 2.28. The van der Waals surface area contributed by atoms with Gasteiger partial charge in [-0.05, 0) is 32.1 Å². The summed E-state index contributed by atoms with van der Waals surface area (Å²) in [6.45, 7) is 3.55.